The van der Waals surface area contributed by atoms with Crippen molar-refractivity contribution in [1.82, 2.24) is 0 Å². The van der Waals surface area contributed by atoms with Gasteiger partial charge in [0.1, 0.15) is 0 Å². The summed E-state index contributed by atoms with van der Waals surface area (Å²) in [5, 5.41) is 2.47. The molecule has 1 N–H and O–H groups in total. The van der Waals surface area contributed by atoms with E-state index in [1.54, 1.807) is 0 Å². The van der Waals surface area contributed by atoms with Gasteiger partial charge in [-0.2, -0.15) is 13.2 Å². The van der Waals surface area contributed by atoms with Gasteiger partial charge in [0.05, 0.1) is 25.3 Å². The van der Waals surface area contributed by atoms with Crippen LogP contribution in [0.2, 0.25) is 0 Å². The van der Waals surface area contributed by atoms with Crippen molar-refractivity contribution < 1.29 is 37.0 Å². The van der Waals surface area contributed by atoms with E-state index >= 15 is 0 Å². The Hall–Kier alpha value is -3.23. The quantitative estimate of drug-likeness (QED) is 0.749. The predicted octanol–water partition coefficient (Wildman–Crippen LogP) is 3.91. The van der Waals surface area contributed by atoms with Crippen LogP contribution in [0.1, 0.15) is 22.8 Å². The Morgan fingerprint density at radius 2 is 1.64 bits per heavy atom. The van der Waals surface area contributed by atoms with Gasteiger partial charge in [-0.05, 0) is 49.4 Å². The lowest BCUT2D eigenvalue weighted by Gasteiger charge is -2.17. The molecule has 0 heterocycles. The fraction of sp³-hybridized carbons (Fsp3) is 0.263. The maximum Gasteiger partial charge on any atom is 0.416 e. The first-order chi connectivity index (χ1) is 13.2. The molecule has 28 heavy (non-hydrogen) atoms. The first-order valence-electron chi connectivity index (χ1n) is 8.07. The van der Waals surface area contributed by atoms with E-state index in [1.165, 1.54) is 39.3 Å². The number of methoxy groups -OCH3 is 2. The number of carbonyl (C=O) groups excluding carboxylic acids is 2. The molecule has 1 atom stereocenters. The molecular formula is C19H18F3NO5. The van der Waals surface area contributed by atoms with Crippen molar-refractivity contribution in [3.63, 3.8) is 0 Å². The lowest BCUT2D eigenvalue weighted by molar-refractivity contribution is -0.137. The highest BCUT2D eigenvalue weighted by molar-refractivity contribution is 5.94. The zero-order valence-electron chi connectivity index (χ0n) is 15.3. The van der Waals surface area contributed by atoms with Gasteiger partial charge in [0, 0.05) is 5.69 Å². The van der Waals surface area contributed by atoms with E-state index in [-0.39, 0.29) is 22.7 Å². The molecule has 0 aromatic heterocycles. The van der Waals surface area contributed by atoms with Crippen molar-refractivity contribution in [2.75, 3.05) is 19.5 Å². The highest BCUT2D eigenvalue weighted by atomic mass is 19.4. The smallest absolute Gasteiger partial charge is 0.416 e. The average molecular weight is 397 g/mol. The molecule has 0 spiro atoms. The molecule has 0 radical (unpaired) electrons. The number of nitrogens with one attached hydrogen (secondary N) is 1. The van der Waals surface area contributed by atoms with Crippen LogP contribution in [-0.4, -0.2) is 32.2 Å². The standard InChI is InChI=1S/C19H18F3NO5/c1-11(17(24)23-14-7-5-13(6-8-14)19(20,21)22)28-15-9-4-12(18(25)27-3)10-16(15)26-2/h4-11H,1-3H3,(H,23,24)/t11-/m1/s1. The van der Waals surface area contributed by atoms with E-state index in [4.69, 9.17) is 9.47 Å². The summed E-state index contributed by atoms with van der Waals surface area (Å²) >= 11 is 0. The van der Waals surface area contributed by atoms with E-state index in [0.29, 0.717) is 0 Å². The van der Waals surface area contributed by atoms with Gasteiger partial charge in [-0.1, -0.05) is 0 Å². The van der Waals surface area contributed by atoms with Gasteiger partial charge in [-0.3, -0.25) is 4.79 Å². The van der Waals surface area contributed by atoms with Crippen LogP contribution >= 0.6 is 0 Å². The van der Waals surface area contributed by atoms with Gasteiger partial charge in [-0.25, -0.2) is 4.79 Å². The maximum absolute atomic E-state index is 12.6. The zero-order valence-corrected chi connectivity index (χ0v) is 15.3. The number of esters is 1. The fourth-order valence-electron chi connectivity index (χ4n) is 2.24. The number of hydrogen-bond acceptors (Lipinski definition) is 5. The highest BCUT2D eigenvalue weighted by Crippen LogP contribution is 2.31. The molecule has 2 aromatic carbocycles. The molecule has 1 amide bonds. The summed E-state index contributed by atoms with van der Waals surface area (Å²) in [6.45, 7) is 1.47. The number of carbonyl (C=O) groups is 2. The van der Waals surface area contributed by atoms with Crippen LogP contribution < -0.4 is 14.8 Å². The van der Waals surface area contributed by atoms with Crippen molar-refractivity contribution in [2.24, 2.45) is 0 Å². The second kappa shape index (κ2) is 8.64. The van der Waals surface area contributed by atoms with Crippen LogP contribution in [0.25, 0.3) is 0 Å². The van der Waals surface area contributed by atoms with Crippen molar-refractivity contribution in [1.29, 1.82) is 0 Å². The minimum Gasteiger partial charge on any atom is -0.493 e. The zero-order chi connectivity index (χ0) is 20.9. The van der Waals surface area contributed by atoms with E-state index in [2.05, 4.69) is 10.1 Å². The van der Waals surface area contributed by atoms with E-state index in [0.717, 1.165) is 24.3 Å². The first-order valence-corrected chi connectivity index (χ1v) is 8.07. The minimum absolute atomic E-state index is 0.196. The fourth-order valence-corrected chi connectivity index (χ4v) is 2.24. The van der Waals surface area contributed by atoms with Gasteiger partial charge < -0.3 is 19.5 Å². The van der Waals surface area contributed by atoms with Crippen LogP contribution in [0.4, 0.5) is 18.9 Å². The summed E-state index contributed by atoms with van der Waals surface area (Å²) in [5.74, 6) is -0.695. The molecule has 0 saturated heterocycles. The molecule has 0 fully saturated rings. The molecule has 6 nitrogen and oxygen atoms in total. The largest absolute Gasteiger partial charge is 0.493 e. The van der Waals surface area contributed by atoms with E-state index in [9.17, 15) is 22.8 Å². The predicted molar refractivity (Wildman–Crippen MR) is 94.5 cm³/mol. The number of rotatable bonds is 6. The first kappa shape index (κ1) is 21.1. The number of alkyl halides is 3. The number of halogens is 3. The van der Waals surface area contributed by atoms with Crippen molar-refractivity contribution >= 4 is 17.6 Å². The number of amides is 1. The third-order valence-electron chi connectivity index (χ3n) is 3.74. The van der Waals surface area contributed by atoms with Gasteiger partial charge in [0.15, 0.2) is 17.6 Å². The summed E-state index contributed by atoms with van der Waals surface area (Å²) in [5.41, 5.74) is -0.375. The molecule has 0 unspecified atom stereocenters. The number of hydrogen-bond donors (Lipinski definition) is 1. The summed E-state index contributed by atoms with van der Waals surface area (Å²) in [6.07, 6.45) is -5.44. The molecule has 0 saturated carbocycles. The third-order valence-corrected chi connectivity index (χ3v) is 3.74. The monoisotopic (exact) mass is 397 g/mol. The molecule has 150 valence electrons. The van der Waals surface area contributed by atoms with Gasteiger partial charge >= 0.3 is 12.1 Å². The summed E-state index contributed by atoms with van der Waals surface area (Å²) < 4.78 is 53.1. The van der Waals surface area contributed by atoms with Crippen LogP contribution in [-0.2, 0) is 15.7 Å². The van der Waals surface area contributed by atoms with Crippen LogP contribution in [0.15, 0.2) is 42.5 Å². The van der Waals surface area contributed by atoms with E-state index in [1.807, 2.05) is 0 Å². The average Bonchev–Trinajstić information content (AvgIpc) is 2.67. The second-order valence-electron chi connectivity index (χ2n) is 5.68. The summed E-state index contributed by atoms with van der Waals surface area (Å²) in [7, 11) is 2.61. The number of ether oxygens (including phenoxy) is 3. The van der Waals surface area contributed by atoms with Crippen molar-refractivity contribution in [3.05, 3.63) is 53.6 Å². The lowest BCUT2D eigenvalue weighted by atomic mass is 10.2. The third kappa shape index (κ3) is 5.15. The molecule has 0 aliphatic rings. The number of anilines is 1. The SMILES string of the molecule is COC(=O)c1ccc(O[C@H](C)C(=O)Nc2ccc(C(F)(F)F)cc2)c(OC)c1. The van der Waals surface area contributed by atoms with Gasteiger partial charge in [-0.15, -0.1) is 0 Å². The van der Waals surface area contributed by atoms with Gasteiger partial charge in [0.25, 0.3) is 5.91 Å². The summed E-state index contributed by atoms with van der Waals surface area (Å²) in [6, 6.07) is 8.35. The Kier molecular flexibility index (Phi) is 6.50. The van der Waals surface area contributed by atoms with Crippen molar-refractivity contribution in [3.8, 4) is 11.5 Å². The molecular weight excluding hydrogens is 379 g/mol. The molecule has 2 rings (SSSR count). The highest BCUT2D eigenvalue weighted by Gasteiger charge is 2.30. The van der Waals surface area contributed by atoms with Crippen LogP contribution in [0, 0.1) is 0 Å². The molecule has 2 aromatic rings. The number of benzene rings is 2. The summed E-state index contributed by atoms with van der Waals surface area (Å²) in [4.78, 5) is 23.8. The minimum atomic E-state index is -4.45. The molecule has 9 heteroatoms. The normalized spacial score (nSPS) is 12.1. The Balaban J connectivity index is 2.07. The Morgan fingerprint density at radius 1 is 1.00 bits per heavy atom. The molecule has 0 aliphatic carbocycles. The topological polar surface area (TPSA) is 73.9 Å². The lowest BCUT2D eigenvalue weighted by Crippen LogP contribution is -2.30. The maximum atomic E-state index is 12.6. The van der Waals surface area contributed by atoms with Gasteiger partial charge in [0.2, 0.25) is 0 Å². The van der Waals surface area contributed by atoms with E-state index < -0.39 is 29.7 Å². The van der Waals surface area contributed by atoms with Crippen molar-refractivity contribution in [2.45, 2.75) is 19.2 Å². The molecule has 0 aliphatic heterocycles. The van der Waals surface area contributed by atoms with Crippen LogP contribution in [0.3, 0.4) is 0 Å². The Labute approximate surface area is 159 Å². The van der Waals surface area contributed by atoms with Crippen LogP contribution in [0.5, 0.6) is 11.5 Å². The molecule has 0 bridgehead atoms. The Morgan fingerprint density at radius 3 is 2.18 bits per heavy atom. The Bertz CT molecular complexity index is 850. The second-order valence-corrected chi connectivity index (χ2v) is 5.68.